The molecule has 5 heteroatoms. The lowest BCUT2D eigenvalue weighted by molar-refractivity contribution is 0.0907. The van der Waals surface area contributed by atoms with Gasteiger partial charge < -0.3 is 14.8 Å². The van der Waals surface area contributed by atoms with Gasteiger partial charge in [-0.3, -0.25) is 4.79 Å². The van der Waals surface area contributed by atoms with Gasteiger partial charge in [0.05, 0.1) is 0 Å². The molecule has 1 aromatic carbocycles. The molecule has 0 saturated heterocycles. The Hall–Kier alpha value is -1.88. The van der Waals surface area contributed by atoms with Gasteiger partial charge in [-0.25, -0.2) is 4.39 Å². The lowest BCUT2D eigenvalue weighted by Gasteiger charge is -2.11. The summed E-state index contributed by atoms with van der Waals surface area (Å²) in [5, 5.41) is 12.1. The van der Waals surface area contributed by atoms with Gasteiger partial charge in [-0.15, -0.1) is 0 Å². The first-order valence-corrected chi connectivity index (χ1v) is 6.13. The predicted molar refractivity (Wildman–Crippen MR) is 69.5 cm³/mol. The number of aryl methyl sites for hydroxylation is 1. The van der Waals surface area contributed by atoms with Crippen LogP contribution in [0.1, 0.15) is 29.5 Å². The largest absolute Gasteiger partial charge is 0.451 e. The molecule has 1 aromatic heterocycles. The normalized spacial score (nSPS) is 12.6. The van der Waals surface area contributed by atoms with Crippen molar-refractivity contribution < 1.29 is 18.7 Å². The van der Waals surface area contributed by atoms with Gasteiger partial charge in [0, 0.05) is 23.6 Å². The van der Waals surface area contributed by atoms with Gasteiger partial charge in [0.2, 0.25) is 0 Å². The maximum atomic E-state index is 13.2. The minimum absolute atomic E-state index is 0.00572. The van der Waals surface area contributed by atoms with Crippen LogP contribution >= 0.6 is 0 Å². The highest BCUT2D eigenvalue weighted by molar-refractivity contribution is 5.99. The van der Waals surface area contributed by atoms with E-state index in [1.54, 1.807) is 13.8 Å². The number of halogens is 1. The smallest absolute Gasteiger partial charge is 0.287 e. The third-order valence-electron chi connectivity index (χ3n) is 3.04. The second-order valence-corrected chi connectivity index (χ2v) is 4.58. The van der Waals surface area contributed by atoms with Crippen LogP contribution < -0.4 is 5.32 Å². The first kappa shape index (κ1) is 13.5. The summed E-state index contributed by atoms with van der Waals surface area (Å²) in [5.74, 6) is -0.530. The number of rotatable bonds is 4. The SMILES string of the molecule is Cc1c(C(=O)NC(C)CCO)oc2ccc(F)cc12. The van der Waals surface area contributed by atoms with E-state index in [0.29, 0.717) is 23.0 Å². The molecule has 0 aliphatic heterocycles. The van der Waals surface area contributed by atoms with E-state index in [0.717, 1.165) is 0 Å². The molecule has 0 aliphatic carbocycles. The molecular formula is C14H16FNO3. The van der Waals surface area contributed by atoms with E-state index in [-0.39, 0.29) is 30.1 Å². The summed E-state index contributed by atoms with van der Waals surface area (Å²) in [5.41, 5.74) is 1.10. The third-order valence-corrected chi connectivity index (χ3v) is 3.04. The zero-order chi connectivity index (χ0) is 14.0. The molecule has 2 aromatic rings. The Morgan fingerprint density at radius 3 is 2.95 bits per heavy atom. The second-order valence-electron chi connectivity index (χ2n) is 4.58. The van der Waals surface area contributed by atoms with Crippen molar-refractivity contribution in [1.29, 1.82) is 0 Å². The van der Waals surface area contributed by atoms with E-state index in [9.17, 15) is 9.18 Å². The van der Waals surface area contributed by atoms with E-state index in [2.05, 4.69) is 5.32 Å². The lowest BCUT2D eigenvalue weighted by Crippen LogP contribution is -2.33. The molecule has 2 rings (SSSR count). The summed E-state index contributed by atoms with van der Waals surface area (Å²) in [6.45, 7) is 3.52. The lowest BCUT2D eigenvalue weighted by atomic mass is 10.1. The molecular weight excluding hydrogens is 249 g/mol. The van der Waals surface area contributed by atoms with Crippen molar-refractivity contribution in [1.82, 2.24) is 5.32 Å². The molecule has 0 saturated carbocycles. The highest BCUT2D eigenvalue weighted by Gasteiger charge is 2.19. The number of furan rings is 1. The van der Waals surface area contributed by atoms with E-state index < -0.39 is 0 Å². The summed E-state index contributed by atoms with van der Waals surface area (Å²) >= 11 is 0. The minimum Gasteiger partial charge on any atom is -0.451 e. The summed E-state index contributed by atoms with van der Waals surface area (Å²) in [7, 11) is 0. The number of benzene rings is 1. The first-order chi connectivity index (χ1) is 9.02. The predicted octanol–water partition coefficient (Wildman–Crippen LogP) is 2.38. The molecule has 0 radical (unpaired) electrons. The summed E-state index contributed by atoms with van der Waals surface area (Å²) in [4.78, 5) is 12.0. The van der Waals surface area contributed by atoms with Crippen molar-refractivity contribution in [2.45, 2.75) is 26.3 Å². The monoisotopic (exact) mass is 265 g/mol. The highest BCUT2D eigenvalue weighted by Crippen LogP contribution is 2.25. The van der Waals surface area contributed by atoms with Crippen LogP contribution in [0.2, 0.25) is 0 Å². The Kier molecular flexibility index (Phi) is 3.85. The van der Waals surface area contributed by atoms with Crippen molar-refractivity contribution in [3.63, 3.8) is 0 Å². The van der Waals surface area contributed by atoms with Gasteiger partial charge >= 0.3 is 0 Å². The van der Waals surface area contributed by atoms with Gasteiger partial charge in [-0.05, 0) is 38.5 Å². The second kappa shape index (κ2) is 5.40. The number of hydrogen-bond donors (Lipinski definition) is 2. The van der Waals surface area contributed by atoms with Crippen LogP contribution in [0.3, 0.4) is 0 Å². The van der Waals surface area contributed by atoms with Crippen molar-refractivity contribution in [2.24, 2.45) is 0 Å². The molecule has 0 spiro atoms. The molecule has 1 unspecified atom stereocenters. The van der Waals surface area contributed by atoms with E-state index >= 15 is 0 Å². The molecule has 0 aliphatic rings. The highest BCUT2D eigenvalue weighted by atomic mass is 19.1. The van der Waals surface area contributed by atoms with Crippen LogP contribution in [0.25, 0.3) is 11.0 Å². The Morgan fingerprint density at radius 1 is 1.53 bits per heavy atom. The number of fused-ring (bicyclic) bond motifs is 1. The fourth-order valence-corrected chi connectivity index (χ4v) is 1.96. The van der Waals surface area contributed by atoms with Crippen molar-refractivity contribution >= 4 is 16.9 Å². The van der Waals surface area contributed by atoms with Gasteiger partial charge in [-0.2, -0.15) is 0 Å². The standard InChI is InChI=1S/C14H16FNO3/c1-8(5-6-17)16-14(18)13-9(2)11-7-10(15)3-4-12(11)19-13/h3-4,7-8,17H,5-6H2,1-2H3,(H,16,18). The Morgan fingerprint density at radius 2 is 2.26 bits per heavy atom. The van der Waals surface area contributed by atoms with Gasteiger partial charge in [0.1, 0.15) is 11.4 Å². The Labute approximate surface area is 110 Å². The number of nitrogens with one attached hydrogen (secondary N) is 1. The molecule has 4 nitrogen and oxygen atoms in total. The molecule has 19 heavy (non-hydrogen) atoms. The van der Waals surface area contributed by atoms with Gasteiger partial charge in [0.15, 0.2) is 5.76 Å². The number of carbonyl (C=O) groups excluding carboxylic acids is 1. The third kappa shape index (κ3) is 2.76. The fraction of sp³-hybridized carbons (Fsp3) is 0.357. The van der Waals surface area contributed by atoms with Crippen LogP contribution in [-0.2, 0) is 0 Å². The summed E-state index contributed by atoms with van der Waals surface area (Å²) in [6, 6.07) is 4.00. The Balaban J connectivity index is 2.30. The number of hydrogen-bond acceptors (Lipinski definition) is 3. The van der Waals surface area contributed by atoms with E-state index in [1.165, 1.54) is 18.2 Å². The molecule has 2 N–H and O–H groups in total. The number of carbonyl (C=O) groups is 1. The molecule has 1 amide bonds. The first-order valence-electron chi connectivity index (χ1n) is 6.13. The fourth-order valence-electron chi connectivity index (χ4n) is 1.96. The number of aliphatic hydroxyl groups is 1. The zero-order valence-corrected chi connectivity index (χ0v) is 10.9. The maximum Gasteiger partial charge on any atom is 0.287 e. The summed E-state index contributed by atoms with van der Waals surface area (Å²) < 4.78 is 18.6. The topological polar surface area (TPSA) is 62.5 Å². The maximum absolute atomic E-state index is 13.2. The minimum atomic E-state index is -0.364. The molecule has 102 valence electrons. The van der Waals surface area contributed by atoms with E-state index in [4.69, 9.17) is 9.52 Å². The number of aliphatic hydroxyl groups excluding tert-OH is 1. The van der Waals surface area contributed by atoms with Gasteiger partial charge in [0.25, 0.3) is 5.91 Å². The van der Waals surface area contributed by atoms with Crippen LogP contribution in [0.15, 0.2) is 22.6 Å². The number of amides is 1. The molecule has 1 atom stereocenters. The van der Waals surface area contributed by atoms with Crippen LogP contribution in [0.4, 0.5) is 4.39 Å². The van der Waals surface area contributed by atoms with E-state index in [1.807, 2.05) is 0 Å². The quantitative estimate of drug-likeness (QED) is 0.892. The zero-order valence-electron chi connectivity index (χ0n) is 10.9. The average Bonchev–Trinajstić information content (AvgIpc) is 2.67. The Bertz CT molecular complexity index is 606. The summed E-state index contributed by atoms with van der Waals surface area (Å²) in [6.07, 6.45) is 0.472. The van der Waals surface area contributed by atoms with Crippen LogP contribution in [0, 0.1) is 12.7 Å². The van der Waals surface area contributed by atoms with Crippen molar-refractivity contribution in [3.8, 4) is 0 Å². The van der Waals surface area contributed by atoms with Crippen molar-refractivity contribution in [3.05, 3.63) is 35.3 Å². The average molecular weight is 265 g/mol. The molecule has 0 fully saturated rings. The van der Waals surface area contributed by atoms with Gasteiger partial charge in [-0.1, -0.05) is 0 Å². The van der Waals surface area contributed by atoms with Crippen LogP contribution in [0.5, 0.6) is 0 Å². The molecule has 1 heterocycles. The van der Waals surface area contributed by atoms with Crippen LogP contribution in [-0.4, -0.2) is 23.7 Å². The van der Waals surface area contributed by atoms with Crippen molar-refractivity contribution in [2.75, 3.05) is 6.61 Å². The molecule has 0 bridgehead atoms.